The van der Waals surface area contributed by atoms with Gasteiger partial charge in [0.05, 0.1) is 28.2 Å². The number of carbonyl (C=O) groups excluding carboxylic acids is 1. The van der Waals surface area contributed by atoms with Crippen molar-refractivity contribution in [1.29, 1.82) is 0 Å². The predicted molar refractivity (Wildman–Crippen MR) is 100 cm³/mol. The third kappa shape index (κ3) is 3.84. The average molecular weight is 462 g/mol. The van der Waals surface area contributed by atoms with E-state index in [2.05, 4.69) is 4.98 Å². The predicted octanol–water partition coefficient (Wildman–Crippen LogP) is 2.90. The van der Waals surface area contributed by atoms with E-state index in [1.54, 1.807) is 29.5 Å². The number of hydrogen-bond donors (Lipinski definition) is 1. The molecule has 0 amide bonds. The van der Waals surface area contributed by atoms with Crippen molar-refractivity contribution in [2.75, 3.05) is 13.2 Å². The van der Waals surface area contributed by atoms with Gasteiger partial charge in [-0.25, -0.2) is 9.78 Å². The Kier molecular flexibility index (Phi) is 5.82. The van der Waals surface area contributed by atoms with Crippen LogP contribution in [0.5, 0.6) is 0 Å². The van der Waals surface area contributed by atoms with Crippen LogP contribution in [0.1, 0.15) is 44.1 Å². The fraction of sp³-hybridized carbons (Fsp3) is 0.471. The van der Waals surface area contributed by atoms with Crippen molar-refractivity contribution in [2.45, 2.75) is 33.7 Å². The van der Waals surface area contributed by atoms with Gasteiger partial charge in [-0.05, 0) is 41.0 Å². The molecule has 0 bridgehead atoms. The van der Waals surface area contributed by atoms with Gasteiger partial charge in [-0.2, -0.15) is 4.39 Å². The van der Waals surface area contributed by atoms with E-state index in [1.807, 2.05) is 20.8 Å². The fourth-order valence-corrected chi connectivity index (χ4v) is 3.03. The number of ether oxygens (including phenoxy) is 1. The highest BCUT2D eigenvalue weighted by atomic mass is 127. The number of rotatable bonds is 4. The molecule has 2 heterocycles. The topological polar surface area (TPSA) is 81.4 Å². The minimum atomic E-state index is -0.756. The van der Waals surface area contributed by atoms with E-state index in [1.165, 1.54) is 16.8 Å². The lowest BCUT2D eigenvalue weighted by atomic mass is 9.86. The van der Waals surface area contributed by atoms with Crippen molar-refractivity contribution >= 4 is 39.6 Å². The molecule has 2 rings (SSSR count). The second-order valence-electron chi connectivity index (χ2n) is 6.70. The third-order valence-corrected chi connectivity index (χ3v) is 4.68. The number of carbonyl (C=O) groups is 1. The first kappa shape index (κ1) is 19.8. The zero-order valence-corrected chi connectivity index (χ0v) is 16.6. The SMILES string of the molecule is CCOC(=O)c1cn([C@H](CO)C(C)(C)C)c2nc(F)c(I)cc2c1=O. The molecule has 6 nitrogen and oxygen atoms in total. The van der Waals surface area contributed by atoms with Crippen LogP contribution in [-0.4, -0.2) is 33.8 Å². The lowest BCUT2D eigenvalue weighted by Crippen LogP contribution is -2.31. The molecule has 1 N–H and O–H groups in total. The van der Waals surface area contributed by atoms with E-state index in [0.717, 1.165) is 0 Å². The molecule has 2 aromatic rings. The zero-order chi connectivity index (χ0) is 18.9. The maximum absolute atomic E-state index is 14.0. The first-order valence-electron chi connectivity index (χ1n) is 7.80. The Morgan fingerprint density at radius 3 is 2.64 bits per heavy atom. The van der Waals surface area contributed by atoms with Crippen molar-refractivity contribution in [2.24, 2.45) is 5.41 Å². The zero-order valence-electron chi connectivity index (χ0n) is 14.5. The molecule has 1 atom stereocenters. The summed E-state index contributed by atoms with van der Waals surface area (Å²) in [5.41, 5.74) is -1.07. The summed E-state index contributed by atoms with van der Waals surface area (Å²) in [7, 11) is 0. The molecular formula is C17H20FIN2O4. The first-order chi connectivity index (χ1) is 11.6. The van der Waals surface area contributed by atoms with Crippen LogP contribution in [0.2, 0.25) is 0 Å². The lowest BCUT2D eigenvalue weighted by molar-refractivity contribution is 0.0522. The Bertz CT molecular complexity index is 874. The standard InChI is InChI=1S/C17H20FIN2O4/c1-5-25-16(24)10-7-21(12(8-22)17(2,3)4)15-9(13(10)23)6-11(19)14(18)20-15/h6-7,12,22H,5,8H2,1-4H3/t12-/m1/s1. The van der Waals surface area contributed by atoms with Crippen molar-refractivity contribution in [3.8, 4) is 0 Å². The van der Waals surface area contributed by atoms with Gasteiger partial charge >= 0.3 is 5.97 Å². The summed E-state index contributed by atoms with van der Waals surface area (Å²) in [5, 5.41) is 9.97. The van der Waals surface area contributed by atoms with Crippen molar-refractivity contribution in [3.05, 3.63) is 37.6 Å². The van der Waals surface area contributed by atoms with Gasteiger partial charge in [-0.3, -0.25) is 4.79 Å². The normalized spacial score (nSPS) is 13.1. The Balaban J connectivity index is 2.91. The molecule has 0 aliphatic rings. The Hall–Kier alpha value is -1.55. The minimum absolute atomic E-state index is 0.0879. The van der Waals surface area contributed by atoms with Gasteiger partial charge in [0.25, 0.3) is 0 Å². The van der Waals surface area contributed by atoms with Gasteiger partial charge < -0.3 is 14.4 Å². The van der Waals surface area contributed by atoms with E-state index in [-0.39, 0.29) is 33.4 Å². The van der Waals surface area contributed by atoms with Gasteiger partial charge in [0.15, 0.2) is 0 Å². The Morgan fingerprint density at radius 2 is 2.12 bits per heavy atom. The monoisotopic (exact) mass is 462 g/mol. The van der Waals surface area contributed by atoms with Crippen molar-refractivity contribution in [3.63, 3.8) is 0 Å². The van der Waals surface area contributed by atoms with Crippen LogP contribution in [0.25, 0.3) is 11.0 Å². The molecule has 0 fully saturated rings. The van der Waals surface area contributed by atoms with E-state index in [0.29, 0.717) is 0 Å². The van der Waals surface area contributed by atoms with Crippen LogP contribution in [-0.2, 0) is 4.74 Å². The number of pyridine rings is 2. The summed E-state index contributed by atoms with van der Waals surface area (Å²) >= 11 is 1.74. The van der Waals surface area contributed by atoms with Gasteiger partial charge in [0.2, 0.25) is 11.4 Å². The quantitative estimate of drug-likeness (QED) is 0.430. The summed E-state index contributed by atoms with van der Waals surface area (Å²) in [6.07, 6.45) is 1.30. The molecule has 136 valence electrons. The van der Waals surface area contributed by atoms with E-state index in [4.69, 9.17) is 4.74 Å². The molecule has 0 spiro atoms. The van der Waals surface area contributed by atoms with Crippen LogP contribution in [0.4, 0.5) is 4.39 Å². The summed E-state index contributed by atoms with van der Waals surface area (Å²) < 4.78 is 20.6. The molecule has 25 heavy (non-hydrogen) atoms. The molecular weight excluding hydrogens is 442 g/mol. The highest BCUT2D eigenvalue weighted by Crippen LogP contribution is 2.32. The van der Waals surface area contributed by atoms with Crippen LogP contribution < -0.4 is 5.43 Å². The van der Waals surface area contributed by atoms with E-state index in [9.17, 15) is 19.1 Å². The molecule has 0 aromatic carbocycles. The molecule has 0 unspecified atom stereocenters. The summed E-state index contributed by atoms with van der Waals surface area (Å²) in [4.78, 5) is 28.7. The maximum Gasteiger partial charge on any atom is 0.343 e. The average Bonchev–Trinajstić information content (AvgIpc) is 2.51. The second kappa shape index (κ2) is 7.36. The number of aliphatic hydroxyl groups is 1. The maximum atomic E-state index is 14.0. The highest BCUT2D eigenvalue weighted by molar-refractivity contribution is 14.1. The van der Waals surface area contributed by atoms with Crippen LogP contribution >= 0.6 is 22.6 Å². The number of halogens is 2. The molecule has 0 saturated heterocycles. The van der Waals surface area contributed by atoms with Gasteiger partial charge in [0, 0.05) is 6.20 Å². The van der Waals surface area contributed by atoms with E-state index >= 15 is 0 Å². The number of fused-ring (bicyclic) bond motifs is 1. The second-order valence-corrected chi connectivity index (χ2v) is 7.86. The van der Waals surface area contributed by atoms with Gasteiger partial charge in [-0.15, -0.1) is 0 Å². The Labute approximate surface area is 158 Å². The molecule has 0 radical (unpaired) electrons. The van der Waals surface area contributed by atoms with Crippen LogP contribution in [0.3, 0.4) is 0 Å². The number of esters is 1. The summed E-state index contributed by atoms with van der Waals surface area (Å²) in [6.45, 7) is 7.18. The number of nitrogens with zero attached hydrogens (tertiary/aromatic N) is 2. The molecule has 0 aliphatic carbocycles. The number of aliphatic hydroxyl groups excluding tert-OH is 1. The minimum Gasteiger partial charge on any atom is -0.462 e. The smallest absolute Gasteiger partial charge is 0.343 e. The highest BCUT2D eigenvalue weighted by Gasteiger charge is 2.29. The third-order valence-electron chi connectivity index (χ3n) is 3.92. The van der Waals surface area contributed by atoms with Crippen LogP contribution in [0.15, 0.2) is 17.1 Å². The molecule has 2 aromatic heterocycles. The lowest BCUT2D eigenvalue weighted by Gasteiger charge is -2.32. The molecule has 0 aliphatic heterocycles. The molecule has 8 heteroatoms. The Morgan fingerprint density at radius 1 is 1.48 bits per heavy atom. The van der Waals surface area contributed by atoms with Crippen LogP contribution in [0, 0.1) is 14.9 Å². The van der Waals surface area contributed by atoms with Crippen molar-refractivity contribution in [1.82, 2.24) is 9.55 Å². The van der Waals surface area contributed by atoms with Crippen molar-refractivity contribution < 1.29 is 19.0 Å². The fourth-order valence-electron chi connectivity index (χ4n) is 2.60. The first-order valence-corrected chi connectivity index (χ1v) is 8.88. The summed E-state index contributed by atoms with van der Waals surface area (Å²) in [5.74, 6) is -1.47. The molecule has 0 saturated carbocycles. The van der Waals surface area contributed by atoms with E-state index < -0.39 is 28.8 Å². The van der Waals surface area contributed by atoms with Gasteiger partial charge in [0.1, 0.15) is 11.2 Å². The number of aromatic nitrogens is 2. The summed E-state index contributed by atoms with van der Waals surface area (Å²) in [6, 6.07) is 0.840. The van der Waals surface area contributed by atoms with Gasteiger partial charge in [-0.1, -0.05) is 20.8 Å². The largest absolute Gasteiger partial charge is 0.462 e. The number of hydrogen-bond acceptors (Lipinski definition) is 5.